The van der Waals surface area contributed by atoms with E-state index in [-0.39, 0.29) is 16.9 Å². The fraction of sp³-hybridized carbons (Fsp3) is 0.294. The van der Waals surface area contributed by atoms with Crippen molar-refractivity contribution in [2.45, 2.75) is 26.7 Å². The second-order valence-corrected chi connectivity index (χ2v) is 5.68. The molecule has 0 amide bonds. The lowest BCUT2D eigenvalue weighted by molar-refractivity contribution is 0.483. The van der Waals surface area contributed by atoms with E-state index in [0.717, 1.165) is 34.7 Å². The maximum absolute atomic E-state index is 12.1. The maximum atomic E-state index is 12.1. The topological polar surface area (TPSA) is 75.1 Å². The maximum Gasteiger partial charge on any atom is 0.251 e. The van der Waals surface area contributed by atoms with Crippen LogP contribution in [0, 0.1) is 6.92 Å². The molecule has 0 spiro atoms. The average Bonchev–Trinajstić information content (AvgIpc) is 2.45. The molecular formula is C17H18N2O3. The van der Waals surface area contributed by atoms with Crippen molar-refractivity contribution in [1.29, 1.82) is 0 Å². The molecule has 0 saturated carbocycles. The Morgan fingerprint density at radius 3 is 2.59 bits per heavy atom. The largest absolute Gasteiger partial charge is 0.504 e. The van der Waals surface area contributed by atoms with E-state index >= 15 is 0 Å². The molecule has 0 saturated heterocycles. The van der Waals surface area contributed by atoms with Gasteiger partial charge in [0, 0.05) is 30.0 Å². The molecule has 2 N–H and O–H groups in total. The second kappa shape index (κ2) is 5.02. The molecule has 2 aromatic heterocycles. The van der Waals surface area contributed by atoms with Crippen molar-refractivity contribution in [2.24, 2.45) is 7.05 Å². The van der Waals surface area contributed by atoms with Crippen LogP contribution in [0.2, 0.25) is 0 Å². The number of aromatic hydroxyl groups is 1. The van der Waals surface area contributed by atoms with Crippen molar-refractivity contribution in [3.63, 3.8) is 0 Å². The van der Waals surface area contributed by atoms with Crippen LogP contribution in [0.15, 0.2) is 27.8 Å². The van der Waals surface area contributed by atoms with Crippen LogP contribution in [-0.4, -0.2) is 14.7 Å². The van der Waals surface area contributed by atoms with Crippen molar-refractivity contribution in [3.05, 3.63) is 50.0 Å². The third kappa shape index (κ3) is 2.01. The van der Waals surface area contributed by atoms with Gasteiger partial charge in [-0.2, -0.15) is 0 Å². The first-order valence-electron chi connectivity index (χ1n) is 7.32. The summed E-state index contributed by atoms with van der Waals surface area (Å²) in [6.45, 7) is 3.89. The Balaban J connectivity index is 2.62. The Hall–Kier alpha value is -2.56. The molecule has 0 atom stereocenters. The van der Waals surface area contributed by atoms with E-state index in [0.29, 0.717) is 11.0 Å². The molecule has 0 fully saturated rings. The molecule has 0 bridgehead atoms. The lowest BCUT2D eigenvalue weighted by Crippen LogP contribution is -2.18. The number of benzene rings is 1. The zero-order valence-electron chi connectivity index (χ0n) is 12.9. The number of H-pyrrole nitrogens is 1. The van der Waals surface area contributed by atoms with Gasteiger partial charge in [0.15, 0.2) is 5.75 Å². The standard InChI is InChI=1S/C17H18N2O3/c1-4-5-10-7-14(21)19(3)16-12(10)8-11-9(2)6-13(20)18-15(11)17(16)22/h6-8,22H,4-5H2,1-3H3,(H,18,20). The number of aromatic amines is 1. The van der Waals surface area contributed by atoms with E-state index in [9.17, 15) is 14.7 Å². The van der Waals surface area contributed by atoms with Crippen LogP contribution in [0.5, 0.6) is 5.75 Å². The van der Waals surface area contributed by atoms with Crippen LogP contribution in [0.25, 0.3) is 21.8 Å². The first kappa shape index (κ1) is 14.4. The summed E-state index contributed by atoms with van der Waals surface area (Å²) >= 11 is 0. The van der Waals surface area contributed by atoms with Gasteiger partial charge in [0.05, 0.1) is 11.0 Å². The molecule has 0 aliphatic heterocycles. The number of nitrogens with zero attached hydrogens (tertiary/aromatic N) is 1. The summed E-state index contributed by atoms with van der Waals surface area (Å²) in [5.74, 6) is -0.0501. The zero-order valence-corrected chi connectivity index (χ0v) is 12.9. The summed E-state index contributed by atoms with van der Waals surface area (Å²) in [4.78, 5) is 26.5. The molecule has 0 aliphatic rings. The molecule has 114 valence electrons. The molecule has 2 heterocycles. The predicted molar refractivity (Wildman–Crippen MR) is 87.7 cm³/mol. The highest BCUT2D eigenvalue weighted by atomic mass is 16.3. The van der Waals surface area contributed by atoms with Crippen LogP contribution in [0.1, 0.15) is 24.5 Å². The average molecular weight is 298 g/mol. The van der Waals surface area contributed by atoms with E-state index in [1.165, 1.54) is 10.6 Å². The first-order valence-corrected chi connectivity index (χ1v) is 7.32. The molecule has 1 aromatic carbocycles. The number of nitrogens with one attached hydrogen (secondary N) is 1. The number of aromatic nitrogens is 2. The SMILES string of the molecule is CCCc1cc(=O)n(C)c2c(O)c3[nH]c(=O)cc(C)c3cc12. The van der Waals surface area contributed by atoms with Crippen molar-refractivity contribution in [3.8, 4) is 5.75 Å². The molecule has 0 unspecified atom stereocenters. The zero-order chi connectivity index (χ0) is 16.0. The summed E-state index contributed by atoms with van der Waals surface area (Å²) in [6, 6.07) is 5.08. The normalized spacial score (nSPS) is 11.4. The Morgan fingerprint density at radius 2 is 1.91 bits per heavy atom. The number of phenols is 1. The quantitative estimate of drug-likeness (QED) is 0.713. The lowest BCUT2D eigenvalue weighted by Gasteiger charge is -2.14. The molecule has 3 aromatic rings. The van der Waals surface area contributed by atoms with Gasteiger partial charge in [0.2, 0.25) is 5.56 Å². The van der Waals surface area contributed by atoms with Gasteiger partial charge in [-0.3, -0.25) is 9.59 Å². The van der Waals surface area contributed by atoms with Gasteiger partial charge < -0.3 is 14.7 Å². The van der Waals surface area contributed by atoms with Gasteiger partial charge in [-0.1, -0.05) is 13.3 Å². The minimum absolute atomic E-state index is 0.0501. The van der Waals surface area contributed by atoms with E-state index < -0.39 is 0 Å². The number of pyridine rings is 2. The third-order valence-corrected chi connectivity index (χ3v) is 4.12. The minimum atomic E-state index is -0.269. The molecule has 5 nitrogen and oxygen atoms in total. The monoisotopic (exact) mass is 298 g/mol. The van der Waals surface area contributed by atoms with Crippen LogP contribution < -0.4 is 11.1 Å². The fourth-order valence-electron chi connectivity index (χ4n) is 3.02. The van der Waals surface area contributed by atoms with Crippen LogP contribution >= 0.6 is 0 Å². The number of rotatable bonds is 2. The Labute approximate surface area is 126 Å². The summed E-state index contributed by atoms with van der Waals surface area (Å²) in [7, 11) is 1.62. The minimum Gasteiger partial charge on any atom is -0.504 e. The first-order chi connectivity index (χ1) is 10.4. The summed E-state index contributed by atoms with van der Waals surface area (Å²) in [6.07, 6.45) is 1.67. The van der Waals surface area contributed by atoms with Crippen molar-refractivity contribution >= 4 is 21.8 Å². The smallest absolute Gasteiger partial charge is 0.251 e. The van der Waals surface area contributed by atoms with Gasteiger partial charge in [-0.05, 0) is 30.5 Å². The van der Waals surface area contributed by atoms with Gasteiger partial charge in [0.25, 0.3) is 5.56 Å². The summed E-state index contributed by atoms with van der Waals surface area (Å²) in [5, 5.41) is 12.3. The molecule has 0 radical (unpaired) electrons. The molecule has 0 aliphatic carbocycles. The van der Waals surface area contributed by atoms with Crippen LogP contribution in [0.4, 0.5) is 0 Å². The predicted octanol–water partition coefficient (Wildman–Crippen LogP) is 2.35. The number of hydrogen-bond donors (Lipinski definition) is 2. The third-order valence-electron chi connectivity index (χ3n) is 4.12. The second-order valence-electron chi connectivity index (χ2n) is 5.68. The number of aryl methyl sites for hydroxylation is 3. The van der Waals surface area contributed by atoms with Gasteiger partial charge in [0.1, 0.15) is 0 Å². The van der Waals surface area contributed by atoms with Crippen LogP contribution in [-0.2, 0) is 13.5 Å². The van der Waals surface area contributed by atoms with Crippen molar-refractivity contribution in [2.75, 3.05) is 0 Å². The molecular weight excluding hydrogens is 280 g/mol. The Morgan fingerprint density at radius 1 is 1.18 bits per heavy atom. The number of fused-ring (bicyclic) bond motifs is 2. The number of phenolic OH excluding ortho intramolecular Hbond substituents is 1. The van der Waals surface area contributed by atoms with Gasteiger partial charge >= 0.3 is 0 Å². The van der Waals surface area contributed by atoms with Gasteiger partial charge in [-0.25, -0.2) is 0 Å². The van der Waals surface area contributed by atoms with E-state index in [2.05, 4.69) is 4.98 Å². The van der Waals surface area contributed by atoms with Crippen molar-refractivity contribution in [1.82, 2.24) is 9.55 Å². The lowest BCUT2D eigenvalue weighted by atomic mass is 10.00. The highest BCUT2D eigenvalue weighted by Gasteiger charge is 2.15. The van der Waals surface area contributed by atoms with Crippen LogP contribution in [0.3, 0.4) is 0 Å². The summed E-state index contributed by atoms with van der Waals surface area (Å²) < 4.78 is 1.42. The Bertz CT molecular complexity index is 1010. The summed E-state index contributed by atoms with van der Waals surface area (Å²) in [5.41, 5.74) is 2.12. The van der Waals surface area contributed by atoms with Gasteiger partial charge in [-0.15, -0.1) is 0 Å². The highest BCUT2D eigenvalue weighted by Crippen LogP contribution is 2.34. The molecule has 3 rings (SSSR count). The van der Waals surface area contributed by atoms with E-state index in [4.69, 9.17) is 0 Å². The van der Waals surface area contributed by atoms with E-state index in [1.807, 2.05) is 19.9 Å². The fourth-order valence-corrected chi connectivity index (χ4v) is 3.02. The number of hydrogen-bond acceptors (Lipinski definition) is 3. The molecule has 22 heavy (non-hydrogen) atoms. The van der Waals surface area contributed by atoms with E-state index in [1.54, 1.807) is 13.1 Å². The highest BCUT2D eigenvalue weighted by molar-refractivity contribution is 6.03. The Kier molecular flexibility index (Phi) is 3.28. The molecule has 5 heteroatoms. The van der Waals surface area contributed by atoms with Crippen molar-refractivity contribution < 1.29 is 5.11 Å².